The molecule has 1 saturated heterocycles. The lowest BCUT2D eigenvalue weighted by molar-refractivity contribution is 0.0494. The molecule has 200 valence electrons. The molecule has 3 N–H and O–H groups in total. The van der Waals surface area contributed by atoms with Crippen molar-refractivity contribution in [3.05, 3.63) is 78.1 Å². The molecule has 1 atom stereocenters. The lowest BCUT2D eigenvalue weighted by atomic mass is 10.2. The largest absolute Gasteiger partial charge is 0.448 e. The molecule has 11 nitrogen and oxygen atoms in total. The Kier molecular flexibility index (Phi) is 5.59. The molecule has 0 radical (unpaired) electrons. The average Bonchev–Trinajstić information content (AvgIpc) is 3.48. The van der Waals surface area contributed by atoms with Crippen molar-refractivity contribution in [1.82, 2.24) is 29.7 Å². The molecule has 0 saturated carbocycles. The van der Waals surface area contributed by atoms with Gasteiger partial charge in [-0.05, 0) is 42.8 Å². The van der Waals surface area contributed by atoms with Crippen LogP contribution in [0.4, 0.5) is 26.4 Å². The Morgan fingerprint density at radius 3 is 3.13 bits per heavy atom. The predicted octanol–water partition coefficient (Wildman–Crippen LogP) is 3.86. The van der Waals surface area contributed by atoms with Gasteiger partial charge in [0, 0.05) is 25.9 Å². The van der Waals surface area contributed by atoms with Crippen molar-refractivity contribution in [3.8, 4) is 0 Å². The first-order chi connectivity index (χ1) is 20.5. The lowest BCUT2D eigenvalue weighted by Crippen LogP contribution is -2.44. The number of aromatic nitrogens is 5. The molecule has 12 heteroatoms. The molecule has 0 unspecified atom stereocenters. The highest BCUT2D eigenvalue weighted by molar-refractivity contribution is 5.91. The van der Waals surface area contributed by atoms with Crippen LogP contribution in [0.5, 0.6) is 0 Å². The van der Waals surface area contributed by atoms with Crippen LogP contribution in [0.25, 0.3) is 16.4 Å². The molecule has 0 aliphatic carbocycles. The minimum atomic E-state index is -2.55. The van der Waals surface area contributed by atoms with Crippen LogP contribution in [0.3, 0.4) is 0 Å². The highest BCUT2D eigenvalue weighted by atomic mass is 19.1. The Bertz CT molecular complexity index is 1830. The maximum absolute atomic E-state index is 13.6. The van der Waals surface area contributed by atoms with E-state index in [9.17, 15) is 9.18 Å². The van der Waals surface area contributed by atoms with Crippen molar-refractivity contribution >= 4 is 39.7 Å². The van der Waals surface area contributed by atoms with E-state index in [2.05, 4.69) is 31.1 Å². The highest BCUT2D eigenvalue weighted by Crippen LogP contribution is 2.29. The Balaban J connectivity index is 1.18. The van der Waals surface area contributed by atoms with Crippen LogP contribution in [-0.4, -0.2) is 62.8 Å². The molecule has 5 aromatic rings. The SMILES string of the molecule is [2H]C1([2H])COC[C@@H](C([2H])([2H])OC(=O)Nc2cn3ncnc(Nc4ccc5c(cnn5Cc5cccc(F)c5)c4)c3c2C)N1. The van der Waals surface area contributed by atoms with E-state index < -0.39 is 25.2 Å². The molecule has 3 aromatic heterocycles. The van der Waals surface area contributed by atoms with Gasteiger partial charge >= 0.3 is 6.09 Å². The van der Waals surface area contributed by atoms with E-state index in [0.717, 1.165) is 22.2 Å². The molecule has 2 aromatic carbocycles. The summed E-state index contributed by atoms with van der Waals surface area (Å²) in [5.41, 5.74) is 3.88. The van der Waals surface area contributed by atoms with Gasteiger partial charge in [-0.1, -0.05) is 12.1 Å². The zero-order chi connectivity index (χ0) is 30.4. The van der Waals surface area contributed by atoms with Gasteiger partial charge in [0.1, 0.15) is 24.2 Å². The summed E-state index contributed by atoms with van der Waals surface area (Å²) < 4.78 is 58.9. The van der Waals surface area contributed by atoms with Crippen molar-refractivity contribution in [2.75, 3.05) is 36.9 Å². The zero-order valence-electron chi connectivity index (χ0n) is 24.8. The summed E-state index contributed by atoms with van der Waals surface area (Å²) in [6, 6.07) is 10.9. The van der Waals surface area contributed by atoms with Gasteiger partial charge in [0.05, 0.1) is 52.1 Å². The number of hydrogen-bond acceptors (Lipinski definition) is 8. The molecule has 1 fully saturated rings. The van der Waals surface area contributed by atoms with E-state index in [1.807, 2.05) is 24.3 Å². The minimum absolute atomic E-state index is 0.168. The molecule has 39 heavy (non-hydrogen) atoms. The van der Waals surface area contributed by atoms with Crippen LogP contribution in [0.2, 0.25) is 0 Å². The number of ether oxygens (including phenoxy) is 2. The van der Waals surface area contributed by atoms with Gasteiger partial charge < -0.3 is 20.1 Å². The Morgan fingerprint density at radius 2 is 2.26 bits per heavy atom. The van der Waals surface area contributed by atoms with Crippen molar-refractivity contribution in [2.45, 2.75) is 19.5 Å². The third kappa shape index (κ3) is 5.38. The number of benzene rings is 2. The standard InChI is InChI=1S/C27H27FN8O3/c1-17-23(34-27(37)39-15-22-14-38-8-7-29-22)13-36-25(17)26(30-16-32-36)33-21-5-6-24-19(10-21)11-31-35(24)12-18-3-2-4-20(28)9-18/h2-6,9-11,13,16,22,29H,7-8,12,14-15H2,1H3,(H,34,37)(H,30,32,33)/t22-/m0/s1/i7D2,15D2. The summed E-state index contributed by atoms with van der Waals surface area (Å²) >= 11 is 0. The topological polar surface area (TPSA) is 120 Å². The fourth-order valence-electron chi connectivity index (χ4n) is 4.37. The summed E-state index contributed by atoms with van der Waals surface area (Å²) in [5, 5.41) is 17.8. The van der Waals surface area contributed by atoms with E-state index in [1.165, 1.54) is 23.0 Å². The van der Waals surface area contributed by atoms with Crippen LogP contribution >= 0.6 is 0 Å². The number of hydrogen-bond donors (Lipinski definition) is 3. The number of morpholine rings is 1. The molecule has 1 amide bonds. The molecule has 1 aliphatic heterocycles. The zero-order valence-corrected chi connectivity index (χ0v) is 20.8. The van der Waals surface area contributed by atoms with Crippen molar-refractivity contribution in [3.63, 3.8) is 0 Å². The summed E-state index contributed by atoms with van der Waals surface area (Å²) in [6.07, 6.45) is 3.57. The van der Waals surface area contributed by atoms with Crippen molar-refractivity contribution < 1.29 is 24.1 Å². The number of nitrogens with zero attached hydrogens (tertiary/aromatic N) is 5. The summed E-state index contributed by atoms with van der Waals surface area (Å²) in [5.74, 6) is 0.160. The smallest absolute Gasteiger partial charge is 0.411 e. The quantitative estimate of drug-likeness (QED) is 0.288. The molecule has 0 bridgehead atoms. The number of halogens is 1. The first-order valence-corrected chi connectivity index (χ1v) is 12.1. The van der Waals surface area contributed by atoms with Crippen LogP contribution < -0.4 is 16.0 Å². The second-order valence-electron chi connectivity index (χ2n) is 8.92. The molecule has 1 aliphatic rings. The fourth-order valence-corrected chi connectivity index (χ4v) is 4.37. The van der Waals surface area contributed by atoms with Crippen LogP contribution in [0.15, 0.2) is 61.2 Å². The molecule has 6 rings (SSSR count). The second kappa shape index (κ2) is 10.7. The minimum Gasteiger partial charge on any atom is -0.448 e. The van der Waals surface area contributed by atoms with Gasteiger partial charge in [-0.25, -0.2) is 18.7 Å². The second-order valence-corrected chi connectivity index (χ2v) is 8.92. The van der Waals surface area contributed by atoms with Gasteiger partial charge in [0.25, 0.3) is 0 Å². The number of nitrogens with one attached hydrogen (secondary N) is 3. The van der Waals surface area contributed by atoms with Gasteiger partial charge in [-0.3, -0.25) is 10.00 Å². The average molecular weight is 535 g/mol. The van der Waals surface area contributed by atoms with Crippen molar-refractivity contribution in [2.24, 2.45) is 0 Å². The van der Waals surface area contributed by atoms with Crippen molar-refractivity contribution in [1.29, 1.82) is 0 Å². The number of rotatable bonds is 7. The first-order valence-electron chi connectivity index (χ1n) is 14.1. The van der Waals surface area contributed by atoms with Crippen LogP contribution in [0, 0.1) is 12.7 Å². The molecule has 0 spiro atoms. The van der Waals surface area contributed by atoms with E-state index in [0.29, 0.717) is 29.1 Å². The van der Waals surface area contributed by atoms with E-state index in [1.54, 1.807) is 30.1 Å². The van der Waals surface area contributed by atoms with Gasteiger partial charge in [0.15, 0.2) is 5.82 Å². The summed E-state index contributed by atoms with van der Waals surface area (Å²) in [4.78, 5) is 17.1. The van der Waals surface area contributed by atoms with Crippen LogP contribution in [-0.2, 0) is 16.0 Å². The third-order valence-electron chi connectivity index (χ3n) is 6.22. The molecular weight excluding hydrogens is 503 g/mol. The predicted molar refractivity (Wildman–Crippen MR) is 144 cm³/mol. The number of amides is 1. The Hall–Kier alpha value is -4.55. The maximum Gasteiger partial charge on any atom is 0.411 e. The monoisotopic (exact) mass is 534 g/mol. The van der Waals surface area contributed by atoms with E-state index in [-0.39, 0.29) is 19.0 Å². The Labute approximate surface area is 228 Å². The highest BCUT2D eigenvalue weighted by Gasteiger charge is 2.18. The van der Waals surface area contributed by atoms with Gasteiger partial charge in [0.2, 0.25) is 0 Å². The third-order valence-corrected chi connectivity index (χ3v) is 6.22. The maximum atomic E-state index is 13.6. The summed E-state index contributed by atoms with van der Waals surface area (Å²) in [6.45, 7) is -2.75. The lowest BCUT2D eigenvalue weighted by Gasteiger charge is -2.23. The number of anilines is 3. The normalized spacial score (nSPS) is 18.7. The molecular formula is C27H27FN8O3. The first kappa shape index (κ1) is 20.4. The number of fused-ring (bicyclic) bond motifs is 2. The van der Waals surface area contributed by atoms with Gasteiger partial charge in [-0.2, -0.15) is 10.2 Å². The number of carbonyl (C=O) groups excluding carboxylic acids is 1. The number of aryl methyl sites for hydroxylation is 1. The number of carbonyl (C=O) groups is 1. The van der Waals surface area contributed by atoms with E-state index in [4.69, 9.17) is 15.0 Å². The summed E-state index contributed by atoms with van der Waals surface area (Å²) in [7, 11) is 0. The van der Waals surface area contributed by atoms with E-state index >= 15 is 0 Å². The van der Waals surface area contributed by atoms with Crippen LogP contribution in [0.1, 0.15) is 16.6 Å². The Morgan fingerprint density at radius 1 is 1.33 bits per heavy atom. The van der Waals surface area contributed by atoms with Gasteiger partial charge in [-0.15, -0.1) is 0 Å². The fraction of sp³-hybridized carbons (Fsp3) is 0.259. The molecule has 4 heterocycles.